The van der Waals surface area contributed by atoms with Crippen LogP contribution >= 0.6 is 0 Å². The number of nitrogens with zero attached hydrogens (tertiary/aromatic N) is 2. The summed E-state index contributed by atoms with van der Waals surface area (Å²) in [6.45, 7) is 6.77. The second-order valence-electron chi connectivity index (χ2n) is 7.86. The number of hydrogen-bond donors (Lipinski definition) is 0. The molecule has 0 atom stereocenters. The van der Waals surface area contributed by atoms with E-state index in [2.05, 4.69) is 94.4 Å². The summed E-state index contributed by atoms with van der Waals surface area (Å²) < 4.78 is 6.38. The third-order valence-electron chi connectivity index (χ3n) is 5.67. The summed E-state index contributed by atoms with van der Waals surface area (Å²) in [6, 6.07) is 31.2. The SMILES string of the molecule is C(#Cc1ccccc1)CN1CCN(CCOC(c2ccccc2)c2ccccc2)CC1. The molecule has 0 unspecified atom stereocenters. The number of hydrogen-bond acceptors (Lipinski definition) is 3. The zero-order valence-electron chi connectivity index (χ0n) is 18.0. The van der Waals surface area contributed by atoms with Crippen molar-refractivity contribution in [3.8, 4) is 11.8 Å². The van der Waals surface area contributed by atoms with Gasteiger partial charge >= 0.3 is 0 Å². The maximum absolute atomic E-state index is 6.38. The molecule has 31 heavy (non-hydrogen) atoms. The highest BCUT2D eigenvalue weighted by atomic mass is 16.5. The van der Waals surface area contributed by atoms with Gasteiger partial charge in [-0.25, -0.2) is 0 Å². The summed E-state index contributed by atoms with van der Waals surface area (Å²) in [5, 5.41) is 0. The van der Waals surface area contributed by atoms with Gasteiger partial charge in [-0.15, -0.1) is 0 Å². The van der Waals surface area contributed by atoms with E-state index in [1.807, 2.05) is 18.2 Å². The molecule has 158 valence electrons. The molecular weight excluding hydrogens is 380 g/mol. The Hall–Kier alpha value is -2.90. The largest absolute Gasteiger partial charge is 0.367 e. The van der Waals surface area contributed by atoms with Crippen LogP contribution in [-0.4, -0.2) is 55.7 Å². The van der Waals surface area contributed by atoms with Crippen LogP contribution in [0.15, 0.2) is 91.0 Å². The molecule has 0 radical (unpaired) electrons. The lowest BCUT2D eigenvalue weighted by Crippen LogP contribution is -2.47. The molecule has 0 bridgehead atoms. The third kappa shape index (κ3) is 6.54. The molecule has 1 aliphatic heterocycles. The highest BCUT2D eigenvalue weighted by molar-refractivity contribution is 5.34. The van der Waals surface area contributed by atoms with E-state index in [4.69, 9.17) is 4.74 Å². The molecule has 1 saturated heterocycles. The minimum atomic E-state index is -0.0167. The van der Waals surface area contributed by atoms with Crippen molar-refractivity contribution in [3.05, 3.63) is 108 Å². The van der Waals surface area contributed by atoms with Crippen LogP contribution in [-0.2, 0) is 4.74 Å². The highest BCUT2D eigenvalue weighted by Gasteiger charge is 2.18. The van der Waals surface area contributed by atoms with E-state index in [0.29, 0.717) is 0 Å². The van der Waals surface area contributed by atoms with Crippen LogP contribution in [0.25, 0.3) is 0 Å². The van der Waals surface area contributed by atoms with Crippen LogP contribution in [0.3, 0.4) is 0 Å². The van der Waals surface area contributed by atoms with Crippen molar-refractivity contribution in [3.63, 3.8) is 0 Å². The number of piperazine rings is 1. The van der Waals surface area contributed by atoms with Crippen LogP contribution in [0.4, 0.5) is 0 Å². The molecular formula is C28H30N2O. The second kappa shape index (κ2) is 11.5. The fourth-order valence-corrected chi connectivity index (χ4v) is 3.89. The Balaban J connectivity index is 1.23. The van der Waals surface area contributed by atoms with Gasteiger partial charge in [0.25, 0.3) is 0 Å². The molecule has 3 heteroatoms. The monoisotopic (exact) mass is 410 g/mol. The first kappa shape index (κ1) is 21.3. The van der Waals surface area contributed by atoms with Gasteiger partial charge in [-0.2, -0.15) is 0 Å². The Morgan fingerprint density at radius 2 is 1.19 bits per heavy atom. The molecule has 0 spiro atoms. The minimum absolute atomic E-state index is 0.0167. The van der Waals surface area contributed by atoms with Gasteiger partial charge in [0.15, 0.2) is 0 Å². The smallest absolute Gasteiger partial charge is 0.108 e. The summed E-state index contributed by atoms with van der Waals surface area (Å²) in [7, 11) is 0. The maximum atomic E-state index is 6.38. The fraction of sp³-hybridized carbons (Fsp3) is 0.286. The van der Waals surface area contributed by atoms with Gasteiger partial charge in [0.05, 0.1) is 13.2 Å². The molecule has 0 amide bonds. The van der Waals surface area contributed by atoms with Gasteiger partial charge in [0.1, 0.15) is 6.10 Å². The Labute approximate surface area is 186 Å². The second-order valence-corrected chi connectivity index (χ2v) is 7.86. The van der Waals surface area contributed by atoms with Gasteiger partial charge in [-0.1, -0.05) is 90.7 Å². The summed E-state index contributed by atoms with van der Waals surface area (Å²) in [4.78, 5) is 4.93. The summed E-state index contributed by atoms with van der Waals surface area (Å²) in [5.41, 5.74) is 3.50. The number of rotatable bonds is 7. The predicted molar refractivity (Wildman–Crippen MR) is 127 cm³/mol. The van der Waals surface area contributed by atoms with Crippen molar-refractivity contribution in [2.45, 2.75) is 6.10 Å². The first-order valence-electron chi connectivity index (χ1n) is 11.1. The molecule has 0 saturated carbocycles. The van der Waals surface area contributed by atoms with E-state index in [0.717, 1.165) is 51.4 Å². The van der Waals surface area contributed by atoms with Gasteiger partial charge in [-0.3, -0.25) is 9.80 Å². The Morgan fingerprint density at radius 3 is 1.77 bits per heavy atom. The van der Waals surface area contributed by atoms with E-state index >= 15 is 0 Å². The summed E-state index contributed by atoms with van der Waals surface area (Å²) in [6.07, 6.45) is -0.0167. The average molecular weight is 411 g/mol. The van der Waals surface area contributed by atoms with Crippen molar-refractivity contribution >= 4 is 0 Å². The minimum Gasteiger partial charge on any atom is -0.367 e. The first-order chi connectivity index (χ1) is 15.4. The van der Waals surface area contributed by atoms with E-state index in [-0.39, 0.29) is 6.10 Å². The van der Waals surface area contributed by atoms with Crippen LogP contribution in [0.2, 0.25) is 0 Å². The molecule has 3 nitrogen and oxygen atoms in total. The molecule has 3 aromatic carbocycles. The van der Waals surface area contributed by atoms with Gasteiger partial charge in [0.2, 0.25) is 0 Å². The van der Waals surface area contributed by atoms with E-state index in [9.17, 15) is 0 Å². The van der Waals surface area contributed by atoms with Crippen LogP contribution in [0.1, 0.15) is 22.8 Å². The molecule has 0 aromatic heterocycles. The third-order valence-corrected chi connectivity index (χ3v) is 5.67. The molecule has 0 aliphatic carbocycles. The summed E-state index contributed by atoms with van der Waals surface area (Å²) >= 11 is 0. The topological polar surface area (TPSA) is 15.7 Å². The molecule has 1 fully saturated rings. The lowest BCUT2D eigenvalue weighted by molar-refractivity contribution is 0.0470. The van der Waals surface area contributed by atoms with Gasteiger partial charge in [-0.05, 0) is 23.3 Å². The zero-order valence-corrected chi connectivity index (χ0v) is 18.0. The lowest BCUT2D eigenvalue weighted by atomic mass is 10.0. The quantitative estimate of drug-likeness (QED) is 0.535. The lowest BCUT2D eigenvalue weighted by Gasteiger charge is -2.33. The van der Waals surface area contributed by atoms with Crippen molar-refractivity contribution in [2.24, 2.45) is 0 Å². The molecule has 1 aliphatic rings. The first-order valence-corrected chi connectivity index (χ1v) is 11.1. The van der Waals surface area contributed by atoms with Crippen LogP contribution in [0.5, 0.6) is 0 Å². The predicted octanol–water partition coefficient (Wildman–Crippen LogP) is 4.46. The molecule has 0 N–H and O–H groups in total. The van der Waals surface area contributed by atoms with Crippen LogP contribution in [0, 0.1) is 11.8 Å². The Kier molecular flexibility index (Phi) is 7.90. The van der Waals surface area contributed by atoms with E-state index in [1.165, 1.54) is 11.1 Å². The standard InChI is InChI=1S/C28H30N2O/c1-4-11-25(12-5-1)13-10-18-29-19-21-30(22-20-29)23-24-31-28(26-14-6-2-7-15-26)27-16-8-3-9-17-27/h1-9,11-12,14-17,28H,18-24H2. The van der Waals surface area contributed by atoms with E-state index < -0.39 is 0 Å². The maximum Gasteiger partial charge on any atom is 0.108 e. The van der Waals surface area contributed by atoms with Crippen LogP contribution < -0.4 is 0 Å². The normalized spacial score (nSPS) is 14.9. The average Bonchev–Trinajstić information content (AvgIpc) is 2.85. The number of ether oxygens (including phenoxy) is 1. The fourth-order valence-electron chi connectivity index (χ4n) is 3.89. The van der Waals surface area contributed by atoms with Crippen molar-refractivity contribution in [1.82, 2.24) is 9.80 Å². The Morgan fingerprint density at radius 1 is 0.677 bits per heavy atom. The van der Waals surface area contributed by atoms with Gasteiger partial charge in [0, 0.05) is 38.3 Å². The van der Waals surface area contributed by atoms with Crippen molar-refractivity contribution in [2.75, 3.05) is 45.9 Å². The highest BCUT2D eigenvalue weighted by Crippen LogP contribution is 2.25. The number of benzene rings is 3. The van der Waals surface area contributed by atoms with Crippen molar-refractivity contribution in [1.29, 1.82) is 0 Å². The van der Waals surface area contributed by atoms with Gasteiger partial charge < -0.3 is 4.74 Å². The Bertz CT molecular complexity index is 916. The molecule has 1 heterocycles. The van der Waals surface area contributed by atoms with E-state index in [1.54, 1.807) is 0 Å². The zero-order chi connectivity index (χ0) is 21.1. The summed E-state index contributed by atoms with van der Waals surface area (Å²) in [5.74, 6) is 6.57. The van der Waals surface area contributed by atoms with Crippen molar-refractivity contribution < 1.29 is 4.74 Å². The molecule has 3 aromatic rings. The molecule has 4 rings (SSSR count).